The number of urea groups is 1. The maximum Gasteiger partial charge on any atom is 0.317 e. The van der Waals surface area contributed by atoms with Gasteiger partial charge in [0.25, 0.3) is 0 Å². The Morgan fingerprint density at radius 3 is 2.78 bits per heavy atom. The van der Waals surface area contributed by atoms with Crippen LogP contribution in [0.1, 0.15) is 32.3 Å². The number of carbonyl (C=O) groups is 1. The van der Waals surface area contributed by atoms with Gasteiger partial charge < -0.3 is 19.7 Å². The second-order valence-corrected chi connectivity index (χ2v) is 9.74. The first-order chi connectivity index (χ1) is 12.9. The van der Waals surface area contributed by atoms with Crippen molar-refractivity contribution in [2.45, 2.75) is 43.9 Å². The van der Waals surface area contributed by atoms with Gasteiger partial charge in [-0.05, 0) is 25.3 Å². The number of ether oxygens (including phenoxy) is 2. The number of carbonyl (C=O) groups excluding carboxylic acids is 1. The number of rotatable bonds is 4. The average molecular weight is 397 g/mol. The highest BCUT2D eigenvalue weighted by Crippen LogP contribution is 2.35. The highest BCUT2D eigenvalue weighted by Gasteiger charge is 2.46. The maximum atomic E-state index is 12.8. The van der Waals surface area contributed by atoms with E-state index in [2.05, 4.69) is 5.32 Å². The van der Waals surface area contributed by atoms with E-state index in [9.17, 15) is 13.2 Å². The van der Waals surface area contributed by atoms with Crippen LogP contribution in [-0.2, 0) is 16.3 Å². The van der Waals surface area contributed by atoms with Crippen LogP contribution >= 0.6 is 0 Å². The number of methoxy groups -OCH3 is 1. The standard InChI is InChI=1S/C19H28N2O5S/c1-4-19(5-2)13-21(9-10-27(19,23)24)18(22)20-15-11-14-7-6-8-16(25-3)17(14)26-12-15/h6-8,15H,4-5,9-13H2,1-3H3,(H,20,22). The van der Waals surface area contributed by atoms with Gasteiger partial charge in [0.1, 0.15) is 6.61 Å². The van der Waals surface area contributed by atoms with Crippen molar-refractivity contribution in [1.82, 2.24) is 10.2 Å². The lowest BCUT2D eigenvalue weighted by molar-refractivity contribution is 0.171. The normalized spacial score (nSPS) is 23.1. The van der Waals surface area contributed by atoms with Crippen LogP contribution in [0.4, 0.5) is 4.79 Å². The van der Waals surface area contributed by atoms with Crippen LogP contribution in [0.3, 0.4) is 0 Å². The molecule has 7 nitrogen and oxygen atoms in total. The summed E-state index contributed by atoms with van der Waals surface area (Å²) in [5.74, 6) is 1.43. The number of hydrogen-bond acceptors (Lipinski definition) is 5. The van der Waals surface area contributed by atoms with Gasteiger partial charge in [0.15, 0.2) is 21.3 Å². The number of sulfone groups is 1. The van der Waals surface area contributed by atoms with E-state index in [1.165, 1.54) is 0 Å². The van der Waals surface area contributed by atoms with E-state index < -0.39 is 14.6 Å². The van der Waals surface area contributed by atoms with Crippen molar-refractivity contribution in [3.05, 3.63) is 23.8 Å². The minimum absolute atomic E-state index is 0.0172. The topological polar surface area (TPSA) is 84.9 Å². The van der Waals surface area contributed by atoms with E-state index in [0.29, 0.717) is 31.6 Å². The smallest absolute Gasteiger partial charge is 0.317 e. The molecular formula is C19H28N2O5S. The molecule has 1 saturated heterocycles. The third kappa shape index (κ3) is 3.59. The fourth-order valence-electron chi connectivity index (χ4n) is 3.97. The zero-order chi connectivity index (χ0) is 19.7. The fraction of sp³-hybridized carbons (Fsp3) is 0.632. The maximum absolute atomic E-state index is 12.8. The minimum atomic E-state index is -3.19. The second kappa shape index (κ2) is 7.58. The Morgan fingerprint density at radius 2 is 2.11 bits per heavy atom. The zero-order valence-electron chi connectivity index (χ0n) is 16.2. The molecular weight excluding hydrogens is 368 g/mol. The van der Waals surface area contributed by atoms with Gasteiger partial charge in [0.2, 0.25) is 0 Å². The Morgan fingerprint density at radius 1 is 1.37 bits per heavy atom. The molecule has 2 aliphatic heterocycles. The first-order valence-corrected chi connectivity index (χ1v) is 11.1. The molecule has 27 heavy (non-hydrogen) atoms. The number of hydrogen-bond donors (Lipinski definition) is 1. The van der Waals surface area contributed by atoms with E-state index in [1.54, 1.807) is 12.0 Å². The van der Waals surface area contributed by atoms with Crippen molar-refractivity contribution in [3.8, 4) is 11.5 Å². The minimum Gasteiger partial charge on any atom is -0.493 e. The molecule has 2 heterocycles. The number of amides is 2. The number of nitrogens with zero attached hydrogens (tertiary/aromatic N) is 1. The van der Waals surface area contributed by atoms with Crippen molar-refractivity contribution in [2.24, 2.45) is 0 Å². The van der Waals surface area contributed by atoms with E-state index in [0.717, 1.165) is 11.3 Å². The largest absolute Gasteiger partial charge is 0.493 e. The van der Waals surface area contributed by atoms with Crippen molar-refractivity contribution >= 4 is 15.9 Å². The van der Waals surface area contributed by atoms with Gasteiger partial charge in [-0.15, -0.1) is 0 Å². The molecule has 3 rings (SSSR count). The monoisotopic (exact) mass is 396 g/mol. The molecule has 1 aromatic carbocycles. The zero-order valence-corrected chi connectivity index (χ0v) is 17.0. The van der Waals surface area contributed by atoms with E-state index in [4.69, 9.17) is 9.47 Å². The van der Waals surface area contributed by atoms with Crippen LogP contribution in [0.2, 0.25) is 0 Å². The van der Waals surface area contributed by atoms with Crippen LogP contribution in [0, 0.1) is 0 Å². The second-order valence-electron chi connectivity index (χ2n) is 7.24. The van der Waals surface area contributed by atoms with E-state index in [-0.39, 0.29) is 30.9 Å². The summed E-state index contributed by atoms with van der Waals surface area (Å²) in [6, 6.07) is 5.32. The Labute approximate surface area is 160 Å². The molecule has 0 aliphatic carbocycles. The van der Waals surface area contributed by atoms with Crippen LogP contribution < -0.4 is 14.8 Å². The molecule has 1 fully saturated rings. The first kappa shape index (κ1) is 19.8. The Balaban J connectivity index is 1.68. The molecule has 0 aromatic heterocycles. The quantitative estimate of drug-likeness (QED) is 0.841. The van der Waals surface area contributed by atoms with Gasteiger partial charge >= 0.3 is 6.03 Å². The van der Waals surface area contributed by atoms with E-state index in [1.807, 2.05) is 32.0 Å². The number of para-hydroxylation sites is 1. The average Bonchev–Trinajstić information content (AvgIpc) is 2.67. The molecule has 1 N–H and O–H groups in total. The van der Waals surface area contributed by atoms with Crippen molar-refractivity contribution in [3.63, 3.8) is 0 Å². The number of nitrogens with one attached hydrogen (secondary N) is 1. The summed E-state index contributed by atoms with van der Waals surface area (Å²) >= 11 is 0. The van der Waals surface area contributed by atoms with Gasteiger partial charge in [-0.3, -0.25) is 0 Å². The molecule has 0 bridgehead atoms. The Bertz CT molecular complexity index is 804. The third-order valence-electron chi connectivity index (χ3n) is 5.85. The summed E-state index contributed by atoms with van der Waals surface area (Å²) in [7, 11) is -1.59. The summed E-state index contributed by atoms with van der Waals surface area (Å²) < 4.78 is 35.3. The summed E-state index contributed by atoms with van der Waals surface area (Å²) in [4.78, 5) is 14.4. The third-order valence-corrected chi connectivity index (χ3v) is 8.59. The lowest BCUT2D eigenvalue weighted by Gasteiger charge is -2.41. The summed E-state index contributed by atoms with van der Waals surface area (Å²) in [6.45, 7) is 4.58. The highest BCUT2D eigenvalue weighted by atomic mass is 32.2. The summed E-state index contributed by atoms with van der Waals surface area (Å²) in [5.41, 5.74) is 0.989. The van der Waals surface area contributed by atoms with Crippen LogP contribution in [-0.4, -0.2) is 62.7 Å². The SMILES string of the molecule is CCC1(CC)CN(C(=O)NC2COc3c(cccc3OC)C2)CCS1(=O)=O. The van der Waals surface area contributed by atoms with Crippen LogP contribution in [0.5, 0.6) is 11.5 Å². The summed E-state index contributed by atoms with van der Waals surface area (Å²) in [6.07, 6.45) is 1.67. The van der Waals surface area contributed by atoms with Gasteiger partial charge in [-0.25, -0.2) is 13.2 Å². The number of fused-ring (bicyclic) bond motifs is 1. The van der Waals surface area contributed by atoms with Crippen molar-refractivity contribution < 1.29 is 22.7 Å². The fourth-order valence-corrected chi connectivity index (χ4v) is 6.10. The summed E-state index contributed by atoms with van der Waals surface area (Å²) in [5, 5.41) is 3.01. The molecule has 1 aromatic rings. The van der Waals surface area contributed by atoms with Gasteiger partial charge in [0.05, 0.1) is 23.7 Å². The van der Waals surface area contributed by atoms with Gasteiger partial charge in [-0.1, -0.05) is 26.0 Å². The van der Waals surface area contributed by atoms with Crippen molar-refractivity contribution in [1.29, 1.82) is 0 Å². The Kier molecular flexibility index (Phi) is 5.55. The number of benzene rings is 1. The molecule has 0 spiro atoms. The predicted octanol–water partition coefficient (Wildman–Crippen LogP) is 2.00. The molecule has 0 radical (unpaired) electrons. The Hall–Kier alpha value is -1.96. The van der Waals surface area contributed by atoms with Gasteiger partial charge in [0, 0.05) is 18.7 Å². The molecule has 0 saturated carbocycles. The lowest BCUT2D eigenvalue weighted by Crippen LogP contribution is -2.60. The molecule has 1 unspecified atom stereocenters. The van der Waals surface area contributed by atoms with E-state index >= 15 is 0 Å². The molecule has 2 aliphatic rings. The molecule has 8 heteroatoms. The predicted molar refractivity (Wildman–Crippen MR) is 103 cm³/mol. The molecule has 150 valence electrons. The van der Waals surface area contributed by atoms with Crippen LogP contribution in [0.25, 0.3) is 0 Å². The lowest BCUT2D eigenvalue weighted by atomic mass is 10.0. The van der Waals surface area contributed by atoms with Crippen molar-refractivity contribution in [2.75, 3.05) is 32.6 Å². The van der Waals surface area contributed by atoms with Gasteiger partial charge in [-0.2, -0.15) is 0 Å². The molecule has 2 amide bonds. The van der Waals surface area contributed by atoms with Crippen LogP contribution in [0.15, 0.2) is 18.2 Å². The first-order valence-electron chi connectivity index (χ1n) is 9.42. The highest BCUT2D eigenvalue weighted by molar-refractivity contribution is 7.92. The molecule has 1 atom stereocenters.